The van der Waals surface area contributed by atoms with Crippen molar-refractivity contribution in [3.8, 4) is 0 Å². The van der Waals surface area contributed by atoms with E-state index in [1.54, 1.807) is 0 Å². The summed E-state index contributed by atoms with van der Waals surface area (Å²) in [5.74, 6) is 0. The standard InChI is InChI=1S/C6H10N2.H21P19/c1-5-4-6(2)8(3)7-5;1-11-16(10)19(17(12(2)3)13(4)5)18(14(6)7)15(8)9/h4H,1-3H3;11H,1-10H2. The molecule has 0 amide bonds. The van der Waals surface area contributed by atoms with Gasteiger partial charge in [0.1, 0.15) is 0 Å². The molecule has 0 saturated heterocycles. The molecular weight excluding hydrogens is 689 g/mol. The van der Waals surface area contributed by atoms with Gasteiger partial charge in [0.25, 0.3) is 0 Å². The van der Waals surface area contributed by atoms with Crippen molar-refractivity contribution in [2.24, 2.45) is 7.05 Å². The summed E-state index contributed by atoms with van der Waals surface area (Å²) >= 11 is 0. The highest BCUT2D eigenvalue weighted by molar-refractivity contribution is 9.34. The minimum Gasteiger partial charge on any atom is -0.273 e. The maximum Gasteiger partial charge on any atom is 0.0596 e. The van der Waals surface area contributed by atoms with Gasteiger partial charge in [0.15, 0.2) is 0 Å². The molecule has 0 aliphatic rings. The molecule has 1 aromatic rings. The Kier molecular flexibility index (Phi) is 23.7. The van der Waals surface area contributed by atoms with Crippen LogP contribution >= 0.6 is 153 Å². The lowest BCUT2D eigenvalue weighted by atomic mass is 10.4. The third kappa shape index (κ3) is 13.5. The van der Waals surface area contributed by atoms with Gasteiger partial charge in [0.2, 0.25) is 0 Å². The van der Waals surface area contributed by atoms with Gasteiger partial charge < -0.3 is 0 Å². The largest absolute Gasteiger partial charge is 0.273 e. The number of aromatic nitrogens is 2. The molecule has 0 aliphatic carbocycles. The molecule has 0 N–H and O–H groups in total. The van der Waals surface area contributed by atoms with E-state index in [0.29, 0.717) is 0 Å². The molecule has 2 nitrogen and oxygen atoms in total. The van der Waals surface area contributed by atoms with E-state index in [-0.39, 0.29) is 55.9 Å². The molecule has 12 unspecified atom stereocenters. The van der Waals surface area contributed by atoms with E-state index in [1.807, 2.05) is 25.6 Å². The Morgan fingerprint density at radius 1 is 0.778 bits per heavy atom. The molecule has 160 valence electrons. The second-order valence-corrected chi connectivity index (χ2v) is 77.6. The highest BCUT2D eigenvalue weighted by atomic mass is 33.4. The van der Waals surface area contributed by atoms with Gasteiger partial charge in [-0.3, -0.25) is 4.68 Å². The molecule has 1 heterocycles. The normalized spacial score (nSPS) is 13.9. The molecule has 0 bridgehead atoms. The highest BCUT2D eigenvalue weighted by Gasteiger charge is 2.40. The van der Waals surface area contributed by atoms with E-state index >= 15 is 0 Å². The van der Waals surface area contributed by atoms with Crippen LogP contribution in [0.1, 0.15) is 11.4 Å². The Balaban J connectivity index is 0.000000694. The van der Waals surface area contributed by atoms with Crippen LogP contribution in [0.4, 0.5) is 0 Å². The van der Waals surface area contributed by atoms with E-state index in [4.69, 9.17) is 0 Å². The Morgan fingerprint density at radius 3 is 1.30 bits per heavy atom. The van der Waals surface area contributed by atoms with Gasteiger partial charge in [0, 0.05) is 12.7 Å². The van der Waals surface area contributed by atoms with Gasteiger partial charge in [-0.25, -0.2) is 0 Å². The van der Waals surface area contributed by atoms with Crippen molar-refractivity contribution in [2.45, 2.75) is 13.8 Å². The van der Waals surface area contributed by atoms with Gasteiger partial charge in [-0.15, -0.1) is 89.3 Å². The molecule has 0 radical (unpaired) electrons. The summed E-state index contributed by atoms with van der Waals surface area (Å²) < 4.78 is 1.87. The Hall–Kier alpha value is 7.38. The maximum atomic E-state index is 4.13. The summed E-state index contributed by atoms with van der Waals surface area (Å²) in [6.45, 7) is 4.89. The molecule has 0 saturated carbocycles. The summed E-state index contributed by atoms with van der Waals surface area (Å²) in [5.41, 5.74) is 2.30. The van der Waals surface area contributed by atoms with Crippen LogP contribution in [0.15, 0.2) is 6.07 Å². The fraction of sp³-hybridized carbons (Fsp3) is 0.500. The lowest BCUT2D eigenvalue weighted by Gasteiger charge is -2.44. The number of hydrogen-bond donors (Lipinski definition) is 0. The van der Waals surface area contributed by atoms with Crippen molar-refractivity contribution in [2.75, 3.05) is 0 Å². The van der Waals surface area contributed by atoms with Gasteiger partial charge in [-0.2, -0.15) is 5.10 Å². The molecule has 0 aromatic carbocycles. The third-order valence-corrected chi connectivity index (χ3v) is 120. The number of nitrogens with zero attached hydrogens (tertiary/aromatic N) is 2. The van der Waals surface area contributed by atoms with Gasteiger partial charge >= 0.3 is 0 Å². The maximum absolute atomic E-state index is 4.13. The van der Waals surface area contributed by atoms with Crippen molar-refractivity contribution in [1.82, 2.24) is 9.78 Å². The Bertz CT molecular complexity index is 475. The molecule has 0 spiro atoms. The minimum atomic E-state index is 0.0492. The molecule has 0 fully saturated rings. The number of aryl methyl sites for hydroxylation is 3. The van der Waals surface area contributed by atoms with Gasteiger partial charge in [0.05, 0.1) is 5.69 Å². The van der Waals surface area contributed by atoms with Gasteiger partial charge in [-0.05, 0) is 75.8 Å². The fourth-order valence-electron chi connectivity index (χ4n) is 1.64. The first-order chi connectivity index (χ1) is 12.3. The van der Waals surface area contributed by atoms with Crippen LogP contribution in [0.3, 0.4) is 0 Å². The van der Waals surface area contributed by atoms with Crippen LogP contribution in [-0.4, -0.2) is 9.78 Å². The zero-order valence-electron chi connectivity index (χ0n) is 15.3. The molecule has 0 aliphatic heterocycles. The first-order valence-corrected chi connectivity index (χ1v) is 40.8. The number of hydrogen-bond acceptors (Lipinski definition) is 1. The van der Waals surface area contributed by atoms with Crippen molar-refractivity contribution < 1.29 is 0 Å². The van der Waals surface area contributed by atoms with Crippen molar-refractivity contribution in [3.05, 3.63) is 17.5 Å². The van der Waals surface area contributed by atoms with Crippen LogP contribution in [0.25, 0.3) is 0 Å². The quantitative estimate of drug-likeness (QED) is 0.245. The van der Waals surface area contributed by atoms with E-state index in [1.165, 1.54) is 5.69 Å². The topological polar surface area (TPSA) is 17.8 Å². The second kappa shape index (κ2) is 18.6. The average molecular weight is 720 g/mol. The van der Waals surface area contributed by atoms with Crippen molar-refractivity contribution in [1.29, 1.82) is 0 Å². The second-order valence-electron chi connectivity index (χ2n) is 4.85. The summed E-state index contributed by atoms with van der Waals surface area (Å²) in [6, 6.07) is 2.06. The van der Waals surface area contributed by atoms with Crippen LogP contribution < -0.4 is 0 Å². The molecular formula is C6H31N2P19. The van der Waals surface area contributed by atoms with Crippen LogP contribution in [0.2, 0.25) is 0 Å². The Morgan fingerprint density at radius 2 is 1.15 bits per heavy atom. The lowest BCUT2D eigenvalue weighted by Crippen LogP contribution is -1.91. The molecule has 12 atom stereocenters. The van der Waals surface area contributed by atoms with E-state index in [9.17, 15) is 0 Å². The summed E-state index contributed by atoms with van der Waals surface area (Å²) in [6.07, 6.45) is 0. The predicted molar refractivity (Wildman–Crippen MR) is 193 cm³/mol. The minimum absolute atomic E-state index is 0.0492. The molecule has 1 rings (SSSR count). The Labute approximate surface area is 199 Å². The van der Waals surface area contributed by atoms with Gasteiger partial charge in [-0.1, -0.05) is 7.96 Å². The molecule has 27 heavy (non-hydrogen) atoms. The van der Waals surface area contributed by atoms with E-state index in [2.05, 4.69) is 100 Å². The van der Waals surface area contributed by atoms with Crippen molar-refractivity contribution in [3.63, 3.8) is 0 Å². The summed E-state index contributed by atoms with van der Waals surface area (Å²) in [5, 5.41) is 4.13. The molecule has 1 aromatic heterocycles. The lowest BCUT2D eigenvalue weighted by molar-refractivity contribution is 0.731. The predicted octanol–water partition coefficient (Wildman–Crippen LogP) is 11.8. The fourth-order valence-corrected chi connectivity index (χ4v) is 220. The van der Waals surface area contributed by atoms with E-state index in [0.717, 1.165) is 13.7 Å². The third-order valence-electron chi connectivity index (χ3n) is 2.71. The summed E-state index contributed by atoms with van der Waals surface area (Å²) in [7, 11) is 34.4. The van der Waals surface area contributed by atoms with Crippen LogP contribution in [0, 0.1) is 13.8 Å². The van der Waals surface area contributed by atoms with Crippen LogP contribution in [0.5, 0.6) is 0 Å². The molecule has 21 heteroatoms. The zero-order valence-corrected chi connectivity index (χ0v) is 35.0. The highest BCUT2D eigenvalue weighted by Crippen LogP contribution is 3.28. The first kappa shape index (κ1) is 34.4. The SMILES string of the molecule is Cc1cc(C)n(C)n1.PPP(P)P(P(P(P)P)P(P)P)P(P(P)P)P(P)P. The van der Waals surface area contributed by atoms with Crippen molar-refractivity contribution >= 4 is 153 Å². The first-order valence-electron chi connectivity index (χ1n) is 6.91. The van der Waals surface area contributed by atoms with E-state index < -0.39 is 0 Å². The smallest absolute Gasteiger partial charge is 0.0596 e. The summed E-state index contributed by atoms with van der Waals surface area (Å²) in [4.78, 5) is 0. The van der Waals surface area contributed by atoms with Crippen LogP contribution in [-0.2, 0) is 7.05 Å². The zero-order chi connectivity index (χ0) is 21.5. The average Bonchev–Trinajstić information content (AvgIpc) is 2.80. The monoisotopic (exact) mass is 720 g/mol. The number of rotatable bonds is 8.